The number of hydrogen-bond donors (Lipinski definition) is 1. The zero-order chi connectivity index (χ0) is 14.8. The van der Waals surface area contributed by atoms with E-state index in [1.165, 1.54) is 16.3 Å². The zero-order valence-corrected chi connectivity index (χ0v) is 12.7. The van der Waals surface area contributed by atoms with Crippen LogP contribution in [-0.4, -0.2) is 30.4 Å². The molecule has 1 aliphatic rings. The van der Waals surface area contributed by atoms with Gasteiger partial charge in [-0.15, -0.1) is 0 Å². The Morgan fingerprint density at radius 3 is 2.76 bits per heavy atom. The second kappa shape index (κ2) is 5.86. The van der Waals surface area contributed by atoms with Gasteiger partial charge in [0.1, 0.15) is 0 Å². The number of hydrogen-bond acceptors (Lipinski definition) is 2. The van der Waals surface area contributed by atoms with E-state index in [1.807, 2.05) is 19.2 Å². The normalized spacial score (nSPS) is 20.6. The van der Waals surface area contributed by atoms with Crippen LogP contribution in [0.15, 0.2) is 42.5 Å². The molecule has 3 nitrogen and oxygen atoms in total. The van der Waals surface area contributed by atoms with Gasteiger partial charge in [0.2, 0.25) is 5.91 Å². The lowest BCUT2D eigenvalue weighted by atomic mass is 9.99. The number of amides is 1. The summed E-state index contributed by atoms with van der Waals surface area (Å²) < 4.78 is 0. The van der Waals surface area contributed by atoms with Gasteiger partial charge in [-0.2, -0.15) is 0 Å². The van der Waals surface area contributed by atoms with E-state index >= 15 is 0 Å². The number of likely N-dealkylation sites (N-methyl/N-ethyl adjacent to an activating group) is 1. The van der Waals surface area contributed by atoms with Crippen molar-refractivity contribution >= 4 is 16.7 Å². The molecule has 1 N–H and O–H groups in total. The SMILES string of the molecule is C[C@H](NC(=O)[C@@H]1CCCN1C)c1cccc2ccccc12. The van der Waals surface area contributed by atoms with Gasteiger partial charge in [0.15, 0.2) is 0 Å². The Morgan fingerprint density at radius 1 is 1.24 bits per heavy atom. The molecule has 3 heteroatoms. The van der Waals surface area contributed by atoms with Crippen molar-refractivity contribution in [2.75, 3.05) is 13.6 Å². The van der Waals surface area contributed by atoms with Gasteiger partial charge in [-0.1, -0.05) is 42.5 Å². The van der Waals surface area contributed by atoms with Crippen molar-refractivity contribution in [3.05, 3.63) is 48.0 Å². The Labute approximate surface area is 125 Å². The van der Waals surface area contributed by atoms with Crippen molar-refractivity contribution < 1.29 is 4.79 Å². The van der Waals surface area contributed by atoms with E-state index in [0.717, 1.165) is 19.4 Å². The summed E-state index contributed by atoms with van der Waals surface area (Å²) in [6.07, 6.45) is 2.07. The molecule has 0 aliphatic carbocycles. The van der Waals surface area contributed by atoms with Crippen LogP contribution >= 0.6 is 0 Å². The maximum atomic E-state index is 12.4. The molecule has 21 heavy (non-hydrogen) atoms. The van der Waals surface area contributed by atoms with Crippen molar-refractivity contribution in [1.29, 1.82) is 0 Å². The predicted octanol–water partition coefficient (Wildman–Crippen LogP) is 3.11. The van der Waals surface area contributed by atoms with Gasteiger partial charge in [0, 0.05) is 0 Å². The van der Waals surface area contributed by atoms with E-state index in [4.69, 9.17) is 0 Å². The number of nitrogens with one attached hydrogen (secondary N) is 1. The highest BCUT2D eigenvalue weighted by Crippen LogP contribution is 2.24. The van der Waals surface area contributed by atoms with Gasteiger partial charge in [-0.05, 0) is 49.7 Å². The van der Waals surface area contributed by atoms with Crippen molar-refractivity contribution in [1.82, 2.24) is 10.2 Å². The molecule has 1 saturated heterocycles. The van der Waals surface area contributed by atoms with E-state index in [2.05, 4.69) is 47.5 Å². The highest BCUT2D eigenvalue weighted by atomic mass is 16.2. The highest BCUT2D eigenvalue weighted by Gasteiger charge is 2.28. The molecule has 0 bridgehead atoms. The van der Waals surface area contributed by atoms with Gasteiger partial charge >= 0.3 is 0 Å². The van der Waals surface area contributed by atoms with Crippen LogP contribution in [0.25, 0.3) is 10.8 Å². The summed E-state index contributed by atoms with van der Waals surface area (Å²) in [6, 6.07) is 14.6. The average Bonchev–Trinajstić information content (AvgIpc) is 2.92. The lowest BCUT2D eigenvalue weighted by Gasteiger charge is -2.22. The monoisotopic (exact) mass is 282 g/mol. The van der Waals surface area contributed by atoms with E-state index in [9.17, 15) is 4.79 Å². The molecule has 0 unspecified atom stereocenters. The Kier molecular flexibility index (Phi) is 3.93. The number of carbonyl (C=O) groups is 1. The summed E-state index contributed by atoms with van der Waals surface area (Å²) in [5.41, 5.74) is 1.18. The Balaban J connectivity index is 1.81. The molecule has 1 aliphatic heterocycles. The lowest BCUT2D eigenvalue weighted by Crippen LogP contribution is -2.42. The largest absolute Gasteiger partial charge is 0.348 e. The molecular formula is C18H22N2O. The van der Waals surface area contributed by atoms with Crippen LogP contribution in [0.1, 0.15) is 31.4 Å². The Hall–Kier alpha value is -1.87. The minimum Gasteiger partial charge on any atom is -0.348 e. The maximum absolute atomic E-state index is 12.4. The summed E-state index contributed by atoms with van der Waals surface area (Å²) in [6.45, 7) is 3.08. The van der Waals surface area contributed by atoms with Crippen molar-refractivity contribution in [2.45, 2.75) is 31.8 Å². The van der Waals surface area contributed by atoms with Crippen LogP contribution in [-0.2, 0) is 4.79 Å². The van der Waals surface area contributed by atoms with E-state index in [0.29, 0.717) is 0 Å². The van der Waals surface area contributed by atoms with E-state index < -0.39 is 0 Å². The van der Waals surface area contributed by atoms with Crippen LogP contribution in [0.3, 0.4) is 0 Å². The summed E-state index contributed by atoms with van der Waals surface area (Å²) in [5.74, 6) is 0.149. The topological polar surface area (TPSA) is 32.3 Å². The third-order valence-electron chi connectivity index (χ3n) is 4.47. The number of likely N-dealkylation sites (tertiary alicyclic amines) is 1. The van der Waals surface area contributed by atoms with Crippen LogP contribution in [0.2, 0.25) is 0 Å². The number of carbonyl (C=O) groups excluding carboxylic acids is 1. The van der Waals surface area contributed by atoms with Crippen molar-refractivity contribution in [3.63, 3.8) is 0 Å². The Bertz CT molecular complexity index is 647. The molecule has 1 amide bonds. The molecule has 2 atom stereocenters. The molecule has 3 rings (SSSR count). The van der Waals surface area contributed by atoms with Gasteiger partial charge in [0.05, 0.1) is 12.1 Å². The molecule has 1 fully saturated rings. The van der Waals surface area contributed by atoms with Crippen LogP contribution in [0.4, 0.5) is 0 Å². The van der Waals surface area contributed by atoms with Gasteiger partial charge < -0.3 is 5.32 Å². The minimum absolute atomic E-state index is 0.0256. The minimum atomic E-state index is 0.0256. The molecule has 0 saturated carbocycles. The molecular weight excluding hydrogens is 260 g/mol. The molecule has 0 aromatic heterocycles. The maximum Gasteiger partial charge on any atom is 0.237 e. The number of fused-ring (bicyclic) bond motifs is 1. The summed E-state index contributed by atoms with van der Waals surface area (Å²) >= 11 is 0. The fraction of sp³-hybridized carbons (Fsp3) is 0.389. The first-order chi connectivity index (χ1) is 10.2. The molecule has 0 spiro atoms. The second-order valence-electron chi connectivity index (χ2n) is 5.94. The van der Waals surface area contributed by atoms with E-state index in [-0.39, 0.29) is 18.0 Å². The average molecular weight is 282 g/mol. The number of nitrogens with zero attached hydrogens (tertiary/aromatic N) is 1. The first-order valence-corrected chi connectivity index (χ1v) is 7.65. The summed E-state index contributed by atoms with van der Waals surface area (Å²) in [5, 5.41) is 5.61. The smallest absolute Gasteiger partial charge is 0.237 e. The number of rotatable bonds is 3. The molecule has 2 aromatic carbocycles. The van der Waals surface area contributed by atoms with Gasteiger partial charge in [0.25, 0.3) is 0 Å². The first-order valence-electron chi connectivity index (χ1n) is 7.65. The van der Waals surface area contributed by atoms with Gasteiger partial charge in [-0.3, -0.25) is 9.69 Å². The first kappa shape index (κ1) is 14.1. The molecule has 110 valence electrons. The van der Waals surface area contributed by atoms with Crippen LogP contribution in [0, 0.1) is 0 Å². The second-order valence-corrected chi connectivity index (χ2v) is 5.94. The van der Waals surface area contributed by atoms with Crippen molar-refractivity contribution in [2.24, 2.45) is 0 Å². The van der Waals surface area contributed by atoms with Crippen LogP contribution in [0.5, 0.6) is 0 Å². The third-order valence-corrected chi connectivity index (χ3v) is 4.47. The standard InChI is InChI=1S/C18H22N2O/c1-13(19-18(21)17-11-6-12-20(17)2)15-10-5-8-14-7-3-4-9-16(14)15/h3-5,7-10,13,17H,6,11-12H2,1-2H3,(H,19,21)/t13-,17-/m0/s1. The lowest BCUT2D eigenvalue weighted by molar-refractivity contribution is -0.125. The molecule has 2 aromatic rings. The number of benzene rings is 2. The van der Waals surface area contributed by atoms with Gasteiger partial charge in [-0.25, -0.2) is 0 Å². The summed E-state index contributed by atoms with van der Waals surface area (Å²) in [7, 11) is 2.03. The van der Waals surface area contributed by atoms with E-state index in [1.54, 1.807) is 0 Å². The fourth-order valence-corrected chi connectivity index (χ4v) is 3.26. The zero-order valence-electron chi connectivity index (χ0n) is 12.7. The third kappa shape index (κ3) is 2.79. The molecule has 0 radical (unpaired) electrons. The molecule has 1 heterocycles. The van der Waals surface area contributed by atoms with Crippen molar-refractivity contribution in [3.8, 4) is 0 Å². The summed E-state index contributed by atoms with van der Waals surface area (Å²) in [4.78, 5) is 14.6. The Morgan fingerprint density at radius 2 is 2.00 bits per heavy atom. The highest BCUT2D eigenvalue weighted by molar-refractivity contribution is 5.87. The predicted molar refractivity (Wildman–Crippen MR) is 86.2 cm³/mol. The fourth-order valence-electron chi connectivity index (χ4n) is 3.26. The quantitative estimate of drug-likeness (QED) is 0.938. The van der Waals surface area contributed by atoms with Crippen LogP contribution < -0.4 is 5.32 Å².